The third-order valence-electron chi connectivity index (χ3n) is 3.01. The van der Waals surface area contributed by atoms with Crippen molar-refractivity contribution in [3.63, 3.8) is 0 Å². The van der Waals surface area contributed by atoms with E-state index in [0.29, 0.717) is 18.2 Å². The topological polar surface area (TPSA) is 34.4 Å². The Hall–Kier alpha value is -1.03. The lowest BCUT2D eigenvalue weighted by molar-refractivity contribution is 0.183. The number of fused-ring (bicyclic) bond motifs is 1. The number of nitrogens with one attached hydrogen (secondary N) is 1. The third-order valence-corrected chi connectivity index (χ3v) is 3.30. The van der Waals surface area contributed by atoms with Crippen molar-refractivity contribution in [1.82, 2.24) is 5.32 Å². The van der Waals surface area contributed by atoms with Crippen molar-refractivity contribution in [2.75, 3.05) is 13.7 Å². The highest BCUT2D eigenvalue weighted by Gasteiger charge is 2.17. The number of halogens is 1. The standard InChI is InChI=1S/C14H18ClNO2/c1-4-16-7-12-10(8-17-3)13-9(2)5-6-11(15)14(13)18-12/h5-6,16H,4,7-8H2,1-3H3. The zero-order valence-electron chi connectivity index (χ0n) is 11.0. The lowest BCUT2D eigenvalue weighted by Gasteiger charge is -2.03. The number of ether oxygens (including phenoxy) is 1. The van der Waals surface area contributed by atoms with E-state index < -0.39 is 0 Å². The van der Waals surface area contributed by atoms with Crippen molar-refractivity contribution in [1.29, 1.82) is 0 Å². The van der Waals surface area contributed by atoms with E-state index in [1.54, 1.807) is 7.11 Å². The Labute approximate surface area is 112 Å². The smallest absolute Gasteiger partial charge is 0.153 e. The highest BCUT2D eigenvalue weighted by molar-refractivity contribution is 6.35. The van der Waals surface area contributed by atoms with Gasteiger partial charge in [0.2, 0.25) is 0 Å². The van der Waals surface area contributed by atoms with Crippen LogP contribution in [0, 0.1) is 6.92 Å². The van der Waals surface area contributed by atoms with Gasteiger partial charge in [-0.3, -0.25) is 0 Å². The van der Waals surface area contributed by atoms with Crippen molar-refractivity contribution in [2.24, 2.45) is 0 Å². The van der Waals surface area contributed by atoms with Gasteiger partial charge in [0, 0.05) is 18.1 Å². The molecule has 98 valence electrons. The van der Waals surface area contributed by atoms with Gasteiger partial charge in [0.05, 0.1) is 18.2 Å². The summed E-state index contributed by atoms with van der Waals surface area (Å²) in [5.41, 5.74) is 3.01. The largest absolute Gasteiger partial charge is 0.458 e. The fraction of sp³-hybridized carbons (Fsp3) is 0.429. The first-order valence-electron chi connectivity index (χ1n) is 6.08. The van der Waals surface area contributed by atoms with Crippen LogP contribution in [0.3, 0.4) is 0 Å². The number of aryl methyl sites for hydroxylation is 1. The van der Waals surface area contributed by atoms with Crippen LogP contribution >= 0.6 is 11.6 Å². The van der Waals surface area contributed by atoms with Crippen molar-refractivity contribution < 1.29 is 9.15 Å². The first-order chi connectivity index (χ1) is 8.69. The predicted molar refractivity (Wildman–Crippen MR) is 74.1 cm³/mol. The van der Waals surface area contributed by atoms with E-state index in [4.69, 9.17) is 20.8 Å². The zero-order valence-corrected chi connectivity index (χ0v) is 11.7. The fourth-order valence-electron chi connectivity index (χ4n) is 2.13. The van der Waals surface area contributed by atoms with E-state index in [0.717, 1.165) is 34.4 Å². The summed E-state index contributed by atoms with van der Waals surface area (Å²) in [6.07, 6.45) is 0. The normalized spacial score (nSPS) is 11.3. The minimum absolute atomic E-state index is 0.537. The van der Waals surface area contributed by atoms with Gasteiger partial charge >= 0.3 is 0 Å². The van der Waals surface area contributed by atoms with Gasteiger partial charge in [0.25, 0.3) is 0 Å². The van der Waals surface area contributed by atoms with E-state index >= 15 is 0 Å². The molecule has 2 rings (SSSR count). The quantitative estimate of drug-likeness (QED) is 0.898. The van der Waals surface area contributed by atoms with Gasteiger partial charge in [-0.05, 0) is 25.1 Å². The number of rotatable bonds is 5. The molecule has 1 aromatic carbocycles. The van der Waals surface area contributed by atoms with E-state index in [1.807, 2.05) is 12.1 Å². The van der Waals surface area contributed by atoms with Crippen molar-refractivity contribution in [3.8, 4) is 0 Å². The third kappa shape index (κ3) is 2.39. The number of hydrogen-bond donors (Lipinski definition) is 1. The molecule has 1 N–H and O–H groups in total. The molecule has 0 amide bonds. The van der Waals surface area contributed by atoms with Gasteiger partial charge < -0.3 is 14.5 Å². The number of methoxy groups -OCH3 is 1. The van der Waals surface area contributed by atoms with Crippen LogP contribution in [0.15, 0.2) is 16.5 Å². The second-order valence-electron chi connectivity index (χ2n) is 4.29. The molecular formula is C14H18ClNO2. The van der Waals surface area contributed by atoms with Crippen molar-refractivity contribution in [3.05, 3.63) is 34.0 Å². The monoisotopic (exact) mass is 267 g/mol. The minimum Gasteiger partial charge on any atom is -0.458 e. The van der Waals surface area contributed by atoms with E-state index in [2.05, 4.69) is 19.2 Å². The Morgan fingerprint density at radius 2 is 2.17 bits per heavy atom. The Morgan fingerprint density at radius 3 is 2.83 bits per heavy atom. The highest BCUT2D eigenvalue weighted by atomic mass is 35.5. The summed E-state index contributed by atoms with van der Waals surface area (Å²) in [6.45, 7) is 6.26. The summed E-state index contributed by atoms with van der Waals surface area (Å²) in [6, 6.07) is 3.88. The van der Waals surface area contributed by atoms with Gasteiger partial charge in [-0.1, -0.05) is 24.6 Å². The molecule has 0 radical (unpaired) electrons. The summed E-state index contributed by atoms with van der Waals surface area (Å²) >= 11 is 6.19. The Morgan fingerprint density at radius 1 is 1.39 bits per heavy atom. The Bertz CT molecular complexity index is 548. The molecule has 3 nitrogen and oxygen atoms in total. The molecule has 0 saturated heterocycles. The van der Waals surface area contributed by atoms with Crippen LogP contribution in [-0.4, -0.2) is 13.7 Å². The fourth-order valence-corrected chi connectivity index (χ4v) is 2.33. The molecule has 0 atom stereocenters. The molecule has 0 bridgehead atoms. The maximum Gasteiger partial charge on any atom is 0.153 e. The van der Waals surface area contributed by atoms with Crippen LogP contribution in [0.2, 0.25) is 5.02 Å². The first kappa shape index (κ1) is 13.4. The van der Waals surface area contributed by atoms with Crippen LogP contribution in [-0.2, 0) is 17.9 Å². The molecule has 0 fully saturated rings. The molecule has 1 heterocycles. The van der Waals surface area contributed by atoms with Crippen molar-refractivity contribution >= 4 is 22.6 Å². The molecule has 18 heavy (non-hydrogen) atoms. The molecular weight excluding hydrogens is 250 g/mol. The molecule has 4 heteroatoms. The molecule has 1 aromatic heterocycles. The molecule has 2 aromatic rings. The van der Waals surface area contributed by atoms with Crippen molar-refractivity contribution in [2.45, 2.75) is 27.0 Å². The average molecular weight is 268 g/mol. The highest BCUT2D eigenvalue weighted by Crippen LogP contribution is 2.34. The summed E-state index contributed by atoms with van der Waals surface area (Å²) in [5, 5.41) is 5.00. The molecule has 0 spiro atoms. The summed E-state index contributed by atoms with van der Waals surface area (Å²) in [5.74, 6) is 0.907. The maximum absolute atomic E-state index is 6.19. The SMILES string of the molecule is CCNCc1oc2c(Cl)ccc(C)c2c1COC. The Kier molecular flexibility index (Phi) is 4.27. The maximum atomic E-state index is 6.19. The van der Waals surface area contributed by atoms with Crippen LogP contribution in [0.25, 0.3) is 11.0 Å². The van der Waals surface area contributed by atoms with Gasteiger partial charge in [0.1, 0.15) is 5.76 Å². The molecule has 0 unspecified atom stereocenters. The van der Waals surface area contributed by atoms with Gasteiger partial charge in [0.15, 0.2) is 5.58 Å². The molecule has 0 aliphatic rings. The molecule has 0 aliphatic heterocycles. The second kappa shape index (κ2) is 5.74. The summed E-state index contributed by atoms with van der Waals surface area (Å²) in [4.78, 5) is 0. The number of hydrogen-bond acceptors (Lipinski definition) is 3. The number of benzene rings is 1. The molecule has 0 aliphatic carbocycles. The first-order valence-corrected chi connectivity index (χ1v) is 6.45. The van der Waals surface area contributed by atoms with Crippen LogP contribution in [0.1, 0.15) is 23.8 Å². The zero-order chi connectivity index (χ0) is 13.1. The molecule has 0 saturated carbocycles. The minimum atomic E-state index is 0.537. The van der Waals surface area contributed by atoms with E-state index in [1.165, 1.54) is 0 Å². The van der Waals surface area contributed by atoms with Crippen LogP contribution < -0.4 is 5.32 Å². The van der Waals surface area contributed by atoms with E-state index in [9.17, 15) is 0 Å². The van der Waals surface area contributed by atoms with Gasteiger partial charge in [-0.25, -0.2) is 0 Å². The van der Waals surface area contributed by atoms with E-state index in [-0.39, 0.29) is 0 Å². The van der Waals surface area contributed by atoms with Crippen LogP contribution in [0.5, 0.6) is 0 Å². The average Bonchev–Trinajstić information content (AvgIpc) is 2.72. The number of furan rings is 1. The second-order valence-corrected chi connectivity index (χ2v) is 4.69. The lowest BCUT2D eigenvalue weighted by atomic mass is 10.1. The van der Waals surface area contributed by atoms with Gasteiger partial charge in [-0.15, -0.1) is 0 Å². The Balaban J connectivity index is 2.59. The summed E-state index contributed by atoms with van der Waals surface area (Å²) < 4.78 is 11.2. The summed E-state index contributed by atoms with van der Waals surface area (Å²) in [7, 11) is 1.69. The lowest BCUT2D eigenvalue weighted by Crippen LogP contribution is -2.12. The predicted octanol–water partition coefficient (Wildman–Crippen LogP) is 3.65. The van der Waals surface area contributed by atoms with Crippen LogP contribution in [0.4, 0.5) is 0 Å². The van der Waals surface area contributed by atoms with Gasteiger partial charge in [-0.2, -0.15) is 0 Å².